The maximum absolute atomic E-state index is 10.6. The minimum Gasteiger partial charge on any atom is -0.479 e. The second kappa shape index (κ2) is 5.43. The zero-order chi connectivity index (χ0) is 11.4. The standard InChI is InChI=1S/C6H15N2O5P/c1-4(2)8-5(6(9)10)7-3-14(11,12)13/h4-5,7-8H,3H2,1-2H3,(H,9,10)(H2,11,12,13). The molecular weight excluding hydrogens is 211 g/mol. The molecule has 14 heavy (non-hydrogen) atoms. The summed E-state index contributed by atoms with van der Waals surface area (Å²) in [6.07, 6.45) is -1.81. The van der Waals surface area contributed by atoms with Crippen molar-refractivity contribution < 1.29 is 24.3 Å². The number of hydrogen-bond donors (Lipinski definition) is 5. The molecule has 0 amide bonds. The Morgan fingerprint density at radius 1 is 1.43 bits per heavy atom. The zero-order valence-corrected chi connectivity index (χ0v) is 8.86. The van der Waals surface area contributed by atoms with Crippen LogP contribution in [0.15, 0.2) is 0 Å². The largest absolute Gasteiger partial charge is 0.479 e. The van der Waals surface area contributed by atoms with Crippen molar-refractivity contribution >= 4 is 13.6 Å². The fourth-order valence-electron chi connectivity index (χ4n) is 0.761. The number of rotatable bonds is 6. The van der Waals surface area contributed by atoms with Crippen molar-refractivity contribution in [2.24, 2.45) is 0 Å². The molecule has 0 aliphatic carbocycles. The minimum atomic E-state index is -4.22. The molecule has 0 aromatic rings. The van der Waals surface area contributed by atoms with Crippen LogP contribution in [0, 0.1) is 0 Å². The number of carboxylic acid groups (broad SMARTS) is 1. The van der Waals surface area contributed by atoms with Gasteiger partial charge < -0.3 is 14.9 Å². The van der Waals surface area contributed by atoms with E-state index in [1.165, 1.54) is 0 Å². The van der Waals surface area contributed by atoms with Crippen molar-refractivity contribution in [3.05, 3.63) is 0 Å². The maximum atomic E-state index is 10.6. The molecule has 5 N–H and O–H groups in total. The first-order valence-corrected chi connectivity index (χ1v) is 5.79. The lowest BCUT2D eigenvalue weighted by molar-refractivity contribution is -0.140. The van der Waals surface area contributed by atoms with Gasteiger partial charge in [0.1, 0.15) is 6.29 Å². The van der Waals surface area contributed by atoms with E-state index in [9.17, 15) is 9.36 Å². The van der Waals surface area contributed by atoms with Crippen molar-refractivity contribution in [1.29, 1.82) is 0 Å². The first-order chi connectivity index (χ1) is 6.22. The lowest BCUT2D eigenvalue weighted by atomic mass is 10.3. The molecule has 0 rings (SSSR count). The molecule has 0 aromatic carbocycles. The summed E-state index contributed by atoms with van der Waals surface area (Å²) in [5, 5.41) is 13.5. The Labute approximate surface area is 81.7 Å². The predicted octanol–water partition coefficient (Wildman–Crippen LogP) is -0.880. The van der Waals surface area contributed by atoms with Gasteiger partial charge in [0.05, 0.1) is 0 Å². The van der Waals surface area contributed by atoms with Crippen LogP contribution in [-0.4, -0.2) is 39.4 Å². The van der Waals surface area contributed by atoms with Gasteiger partial charge in [0, 0.05) is 6.04 Å². The summed E-state index contributed by atoms with van der Waals surface area (Å²) in [5.74, 6) is -1.20. The Morgan fingerprint density at radius 3 is 2.21 bits per heavy atom. The summed E-state index contributed by atoms with van der Waals surface area (Å²) in [6, 6.07) is -0.0969. The fraction of sp³-hybridized carbons (Fsp3) is 0.833. The van der Waals surface area contributed by atoms with Gasteiger partial charge in [-0.2, -0.15) is 0 Å². The van der Waals surface area contributed by atoms with Crippen molar-refractivity contribution in [3.8, 4) is 0 Å². The Morgan fingerprint density at radius 2 is 1.93 bits per heavy atom. The van der Waals surface area contributed by atoms with Gasteiger partial charge in [0.25, 0.3) is 0 Å². The van der Waals surface area contributed by atoms with Crippen LogP contribution in [0.4, 0.5) is 0 Å². The van der Waals surface area contributed by atoms with Crippen molar-refractivity contribution in [3.63, 3.8) is 0 Å². The second-order valence-corrected chi connectivity index (χ2v) is 4.77. The molecule has 0 spiro atoms. The van der Waals surface area contributed by atoms with Crippen LogP contribution < -0.4 is 10.6 Å². The first kappa shape index (κ1) is 13.5. The van der Waals surface area contributed by atoms with E-state index in [1.807, 2.05) is 0 Å². The van der Waals surface area contributed by atoms with E-state index >= 15 is 0 Å². The summed E-state index contributed by atoms with van der Waals surface area (Å²) in [7, 11) is -4.22. The highest BCUT2D eigenvalue weighted by atomic mass is 31.2. The molecule has 8 heteroatoms. The molecular formula is C6H15N2O5P. The van der Waals surface area contributed by atoms with Crippen LogP contribution in [0.25, 0.3) is 0 Å². The van der Waals surface area contributed by atoms with E-state index < -0.39 is 26.0 Å². The van der Waals surface area contributed by atoms with E-state index in [2.05, 4.69) is 10.6 Å². The number of aliphatic carboxylic acids is 1. The topological polar surface area (TPSA) is 119 Å². The molecule has 0 heterocycles. The van der Waals surface area contributed by atoms with Gasteiger partial charge in [-0.15, -0.1) is 0 Å². The number of carboxylic acids is 1. The lowest BCUT2D eigenvalue weighted by Gasteiger charge is -2.18. The number of carbonyl (C=O) groups is 1. The van der Waals surface area contributed by atoms with Gasteiger partial charge >= 0.3 is 13.6 Å². The Bertz CT molecular complexity index is 238. The molecule has 0 bridgehead atoms. The predicted molar refractivity (Wildman–Crippen MR) is 49.7 cm³/mol. The quantitative estimate of drug-likeness (QED) is 0.294. The van der Waals surface area contributed by atoms with Crippen molar-refractivity contribution in [2.45, 2.75) is 26.1 Å². The molecule has 1 unspecified atom stereocenters. The summed E-state index contributed by atoms with van der Waals surface area (Å²) < 4.78 is 10.5. The third-order valence-electron chi connectivity index (χ3n) is 1.25. The van der Waals surface area contributed by atoms with Crippen LogP contribution in [-0.2, 0) is 9.36 Å². The van der Waals surface area contributed by atoms with Gasteiger partial charge in [-0.05, 0) is 13.8 Å². The number of hydrogen-bond acceptors (Lipinski definition) is 4. The third kappa shape index (κ3) is 6.99. The third-order valence-corrected chi connectivity index (χ3v) is 1.84. The molecule has 1 atom stereocenters. The van der Waals surface area contributed by atoms with Crippen LogP contribution in [0.3, 0.4) is 0 Å². The molecule has 0 aliphatic rings. The zero-order valence-electron chi connectivity index (χ0n) is 7.97. The second-order valence-electron chi connectivity index (χ2n) is 3.12. The lowest BCUT2D eigenvalue weighted by Crippen LogP contribution is -2.51. The molecule has 0 aromatic heterocycles. The monoisotopic (exact) mass is 226 g/mol. The van der Waals surface area contributed by atoms with Crippen molar-refractivity contribution in [2.75, 3.05) is 6.29 Å². The first-order valence-electron chi connectivity index (χ1n) is 3.99. The Hall–Kier alpha value is -0.460. The molecule has 84 valence electrons. The Kier molecular flexibility index (Phi) is 5.25. The SMILES string of the molecule is CC(C)NC(NCP(=O)(O)O)C(=O)O. The van der Waals surface area contributed by atoms with E-state index in [1.54, 1.807) is 13.8 Å². The highest BCUT2D eigenvalue weighted by molar-refractivity contribution is 7.51. The highest BCUT2D eigenvalue weighted by Gasteiger charge is 2.21. The van der Waals surface area contributed by atoms with Crippen LogP contribution >= 0.6 is 7.60 Å². The number of nitrogens with one attached hydrogen (secondary N) is 2. The highest BCUT2D eigenvalue weighted by Crippen LogP contribution is 2.31. The van der Waals surface area contributed by atoms with Crippen LogP contribution in [0.5, 0.6) is 0 Å². The van der Waals surface area contributed by atoms with Gasteiger partial charge in [-0.3, -0.25) is 15.2 Å². The van der Waals surface area contributed by atoms with Crippen molar-refractivity contribution in [1.82, 2.24) is 10.6 Å². The van der Waals surface area contributed by atoms with E-state index in [0.29, 0.717) is 0 Å². The van der Waals surface area contributed by atoms with Crippen LogP contribution in [0.2, 0.25) is 0 Å². The minimum absolute atomic E-state index is 0.0969. The summed E-state index contributed by atoms with van der Waals surface area (Å²) in [4.78, 5) is 27.6. The van der Waals surface area contributed by atoms with Crippen LogP contribution in [0.1, 0.15) is 13.8 Å². The average Bonchev–Trinajstić information content (AvgIpc) is 1.94. The molecule has 7 nitrogen and oxygen atoms in total. The van der Waals surface area contributed by atoms with Gasteiger partial charge in [0.15, 0.2) is 6.17 Å². The van der Waals surface area contributed by atoms with E-state index in [4.69, 9.17) is 14.9 Å². The Balaban J connectivity index is 4.11. The molecule has 0 saturated heterocycles. The van der Waals surface area contributed by atoms with Gasteiger partial charge in [0.2, 0.25) is 0 Å². The molecule has 0 fully saturated rings. The van der Waals surface area contributed by atoms with E-state index in [-0.39, 0.29) is 6.04 Å². The summed E-state index contributed by atoms with van der Waals surface area (Å²) in [6.45, 7) is 3.46. The molecule has 0 aliphatic heterocycles. The normalized spacial score (nSPS) is 14.4. The molecule has 0 radical (unpaired) electrons. The average molecular weight is 226 g/mol. The fourth-order valence-corrected chi connectivity index (χ4v) is 1.18. The van der Waals surface area contributed by atoms with Gasteiger partial charge in [-0.1, -0.05) is 0 Å². The van der Waals surface area contributed by atoms with E-state index in [0.717, 1.165) is 0 Å². The van der Waals surface area contributed by atoms with Gasteiger partial charge in [-0.25, -0.2) is 4.79 Å². The molecule has 0 saturated carbocycles. The summed E-state index contributed by atoms with van der Waals surface area (Å²) in [5.41, 5.74) is 0. The maximum Gasteiger partial charge on any atom is 0.339 e. The summed E-state index contributed by atoms with van der Waals surface area (Å²) >= 11 is 0. The smallest absolute Gasteiger partial charge is 0.339 e.